The molecule has 2 rings (SSSR count). The third-order valence-corrected chi connectivity index (χ3v) is 3.43. The Balaban J connectivity index is 1.94. The van der Waals surface area contributed by atoms with Gasteiger partial charge in [0.2, 0.25) is 0 Å². The molecule has 0 aliphatic carbocycles. The van der Waals surface area contributed by atoms with Gasteiger partial charge in [0.15, 0.2) is 0 Å². The smallest absolute Gasteiger partial charge is 0.141 e. The molecule has 0 saturated carbocycles. The van der Waals surface area contributed by atoms with Gasteiger partial charge in [0.1, 0.15) is 5.82 Å². The van der Waals surface area contributed by atoms with Crippen LogP contribution in [0.2, 0.25) is 5.02 Å². The van der Waals surface area contributed by atoms with Crippen molar-refractivity contribution in [3.8, 4) is 0 Å². The Hall–Kier alpha value is -0.640. The number of rotatable bonds is 3. The lowest BCUT2D eigenvalue weighted by atomic mass is 9.94. The standard InChI is InChI=1S/C13H17ClFNO/c1-13(5-2-6-17-9-13)16-8-10-3-4-12(15)11(14)7-10/h3-4,7,16H,2,5-6,8-9H2,1H3. The molecule has 1 aromatic rings. The average molecular weight is 258 g/mol. The second-order valence-corrected chi connectivity index (χ2v) is 5.23. The minimum absolute atomic E-state index is 0.0130. The van der Waals surface area contributed by atoms with Crippen molar-refractivity contribution in [3.63, 3.8) is 0 Å². The van der Waals surface area contributed by atoms with Crippen LogP contribution in [0.3, 0.4) is 0 Å². The molecule has 0 aromatic heterocycles. The Labute approximate surface area is 106 Å². The van der Waals surface area contributed by atoms with E-state index >= 15 is 0 Å². The van der Waals surface area contributed by atoms with E-state index in [1.807, 2.05) is 0 Å². The summed E-state index contributed by atoms with van der Waals surface area (Å²) in [6.45, 7) is 4.40. The van der Waals surface area contributed by atoms with Crippen LogP contribution in [0.4, 0.5) is 4.39 Å². The molecular weight excluding hydrogens is 241 g/mol. The van der Waals surface area contributed by atoms with E-state index in [-0.39, 0.29) is 16.4 Å². The molecule has 0 radical (unpaired) electrons. The predicted molar refractivity (Wildman–Crippen MR) is 66.7 cm³/mol. The van der Waals surface area contributed by atoms with Crippen LogP contribution in [0.15, 0.2) is 18.2 Å². The fourth-order valence-corrected chi connectivity index (χ4v) is 2.24. The Bertz CT molecular complexity index is 391. The molecule has 1 aromatic carbocycles. The predicted octanol–water partition coefficient (Wildman–Crippen LogP) is 3.14. The highest BCUT2D eigenvalue weighted by molar-refractivity contribution is 6.30. The van der Waals surface area contributed by atoms with Crippen molar-refractivity contribution in [2.45, 2.75) is 31.8 Å². The Kier molecular flexibility index (Phi) is 4.02. The summed E-state index contributed by atoms with van der Waals surface area (Å²) in [7, 11) is 0. The SMILES string of the molecule is CC1(NCc2ccc(F)c(Cl)c2)CCCOC1. The number of nitrogens with one attached hydrogen (secondary N) is 1. The van der Waals surface area contributed by atoms with Crippen LogP contribution in [0, 0.1) is 5.82 Å². The third-order valence-electron chi connectivity index (χ3n) is 3.14. The fraction of sp³-hybridized carbons (Fsp3) is 0.538. The van der Waals surface area contributed by atoms with E-state index in [0.29, 0.717) is 6.54 Å². The van der Waals surface area contributed by atoms with E-state index in [2.05, 4.69) is 12.2 Å². The topological polar surface area (TPSA) is 21.3 Å². The summed E-state index contributed by atoms with van der Waals surface area (Å²) in [6.07, 6.45) is 2.18. The average Bonchev–Trinajstić information content (AvgIpc) is 2.32. The van der Waals surface area contributed by atoms with Crippen molar-refractivity contribution in [1.82, 2.24) is 5.32 Å². The van der Waals surface area contributed by atoms with Gasteiger partial charge in [0.25, 0.3) is 0 Å². The Morgan fingerprint density at radius 2 is 2.35 bits per heavy atom. The van der Waals surface area contributed by atoms with Crippen LogP contribution in [0.5, 0.6) is 0 Å². The zero-order valence-corrected chi connectivity index (χ0v) is 10.7. The van der Waals surface area contributed by atoms with Crippen molar-refractivity contribution in [1.29, 1.82) is 0 Å². The van der Waals surface area contributed by atoms with E-state index in [4.69, 9.17) is 16.3 Å². The van der Waals surface area contributed by atoms with E-state index in [9.17, 15) is 4.39 Å². The summed E-state index contributed by atoms with van der Waals surface area (Å²) < 4.78 is 18.5. The van der Waals surface area contributed by atoms with Crippen LogP contribution in [-0.4, -0.2) is 18.8 Å². The summed E-state index contributed by atoms with van der Waals surface area (Å²) in [5.41, 5.74) is 1.00. The van der Waals surface area contributed by atoms with Crippen LogP contribution in [-0.2, 0) is 11.3 Å². The maximum absolute atomic E-state index is 13.0. The fourth-order valence-electron chi connectivity index (χ4n) is 2.04. The van der Waals surface area contributed by atoms with Crippen molar-refractivity contribution < 1.29 is 9.13 Å². The van der Waals surface area contributed by atoms with Gasteiger partial charge in [-0.1, -0.05) is 17.7 Å². The molecular formula is C13H17ClFNO. The molecule has 1 saturated heterocycles. The number of ether oxygens (including phenoxy) is 1. The highest BCUT2D eigenvalue weighted by atomic mass is 35.5. The lowest BCUT2D eigenvalue weighted by molar-refractivity contribution is 0.0278. The number of hydrogen-bond donors (Lipinski definition) is 1. The number of benzene rings is 1. The molecule has 1 N–H and O–H groups in total. The summed E-state index contributed by atoms with van der Waals surface area (Å²) in [6, 6.07) is 4.82. The summed E-state index contributed by atoms with van der Waals surface area (Å²) >= 11 is 5.74. The zero-order chi connectivity index (χ0) is 12.3. The molecule has 1 aliphatic rings. The van der Waals surface area contributed by atoms with Gasteiger partial charge >= 0.3 is 0 Å². The van der Waals surface area contributed by atoms with Crippen LogP contribution in [0.25, 0.3) is 0 Å². The summed E-state index contributed by atoms with van der Waals surface area (Å²) in [5.74, 6) is -0.373. The first kappa shape index (κ1) is 12.8. The molecule has 4 heteroatoms. The summed E-state index contributed by atoms with van der Waals surface area (Å²) in [4.78, 5) is 0. The van der Waals surface area contributed by atoms with Crippen molar-refractivity contribution in [2.75, 3.05) is 13.2 Å². The van der Waals surface area contributed by atoms with Crippen molar-refractivity contribution in [3.05, 3.63) is 34.6 Å². The van der Waals surface area contributed by atoms with E-state index < -0.39 is 0 Å². The second kappa shape index (κ2) is 5.34. The summed E-state index contributed by atoms with van der Waals surface area (Å²) in [5, 5.41) is 3.63. The first-order valence-corrected chi connectivity index (χ1v) is 6.24. The molecule has 1 aliphatic heterocycles. The molecule has 1 heterocycles. The molecule has 2 nitrogen and oxygen atoms in total. The van der Waals surface area contributed by atoms with E-state index in [1.54, 1.807) is 12.1 Å². The molecule has 0 spiro atoms. The van der Waals surface area contributed by atoms with Gasteiger partial charge in [0.05, 0.1) is 11.6 Å². The Morgan fingerprint density at radius 3 is 3.00 bits per heavy atom. The third kappa shape index (κ3) is 3.41. The minimum atomic E-state index is -0.373. The molecule has 0 amide bonds. The number of halogens is 2. The highest BCUT2D eigenvalue weighted by Gasteiger charge is 2.26. The lowest BCUT2D eigenvalue weighted by Crippen LogP contribution is -2.48. The van der Waals surface area contributed by atoms with Crippen LogP contribution in [0.1, 0.15) is 25.3 Å². The van der Waals surface area contributed by atoms with Crippen molar-refractivity contribution in [2.24, 2.45) is 0 Å². The maximum atomic E-state index is 13.0. The largest absolute Gasteiger partial charge is 0.380 e. The first-order valence-electron chi connectivity index (χ1n) is 5.86. The number of hydrogen-bond acceptors (Lipinski definition) is 2. The molecule has 1 fully saturated rings. The highest BCUT2D eigenvalue weighted by Crippen LogP contribution is 2.20. The monoisotopic (exact) mass is 257 g/mol. The molecule has 1 atom stereocenters. The minimum Gasteiger partial charge on any atom is -0.380 e. The molecule has 17 heavy (non-hydrogen) atoms. The van der Waals surface area contributed by atoms with Gasteiger partial charge < -0.3 is 10.1 Å². The first-order chi connectivity index (χ1) is 8.09. The quantitative estimate of drug-likeness (QED) is 0.898. The normalized spacial score (nSPS) is 24.9. The molecule has 94 valence electrons. The Morgan fingerprint density at radius 1 is 1.53 bits per heavy atom. The van der Waals surface area contributed by atoms with Gasteiger partial charge in [-0.25, -0.2) is 4.39 Å². The van der Waals surface area contributed by atoms with Gasteiger partial charge in [-0.15, -0.1) is 0 Å². The van der Waals surface area contributed by atoms with Gasteiger partial charge in [-0.05, 0) is 37.5 Å². The second-order valence-electron chi connectivity index (χ2n) is 4.82. The van der Waals surface area contributed by atoms with Gasteiger partial charge in [-0.3, -0.25) is 0 Å². The maximum Gasteiger partial charge on any atom is 0.141 e. The zero-order valence-electron chi connectivity index (χ0n) is 9.93. The van der Waals surface area contributed by atoms with Gasteiger partial charge in [-0.2, -0.15) is 0 Å². The molecule has 0 bridgehead atoms. The van der Waals surface area contributed by atoms with E-state index in [1.165, 1.54) is 6.07 Å². The lowest BCUT2D eigenvalue weighted by Gasteiger charge is -2.34. The van der Waals surface area contributed by atoms with Crippen molar-refractivity contribution >= 4 is 11.6 Å². The van der Waals surface area contributed by atoms with Crippen LogP contribution < -0.4 is 5.32 Å². The van der Waals surface area contributed by atoms with E-state index in [0.717, 1.165) is 31.6 Å². The van der Waals surface area contributed by atoms with Crippen LogP contribution >= 0.6 is 11.6 Å². The van der Waals surface area contributed by atoms with Gasteiger partial charge in [0, 0.05) is 18.7 Å². The molecule has 1 unspecified atom stereocenters.